The molecule has 1 N–H and O–H groups in total. The maximum Gasteiger partial charge on any atom is 0.242 e. The molecule has 3 heterocycles. The van der Waals surface area contributed by atoms with E-state index in [1.165, 1.54) is 5.56 Å². The number of benzene rings is 1. The smallest absolute Gasteiger partial charge is 0.242 e. The van der Waals surface area contributed by atoms with Crippen LogP contribution in [0.15, 0.2) is 59.3 Å². The van der Waals surface area contributed by atoms with Crippen molar-refractivity contribution in [2.75, 3.05) is 0 Å². The largest absolute Gasteiger partial charge is 0.469 e. The highest BCUT2D eigenvalue weighted by molar-refractivity contribution is 5.95. The van der Waals surface area contributed by atoms with Gasteiger partial charge in [0.15, 0.2) is 5.65 Å². The quantitative estimate of drug-likeness (QED) is 0.496. The molecule has 0 fully saturated rings. The summed E-state index contributed by atoms with van der Waals surface area (Å²) in [6.07, 6.45) is 5.05. The fraction of sp³-hybridized carbons (Fsp3) is 0.292. The highest BCUT2D eigenvalue weighted by atomic mass is 16.3. The summed E-state index contributed by atoms with van der Waals surface area (Å²) in [5.74, 6) is 0.853. The van der Waals surface area contributed by atoms with Crippen LogP contribution in [0.4, 0.5) is 0 Å². The molecule has 4 aromatic rings. The third-order valence-electron chi connectivity index (χ3n) is 5.24. The van der Waals surface area contributed by atoms with Crippen molar-refractivity contribution < 1.29 is 9.21 Å². The van der Waals surface area contributed by atoms with E-state index in [2.05, 4.69) is 40.5 Å². The second-order valence-corrected chi connectivity index (χ2v) is 7.76. The molecule has 30 heavy (non-hydrogen) atoms. The number of aryl methyl sites for hydroxylation is 3. The number of nitrogens with one attached hydrogen (secondary N) is 1. The summed E-state index contributed by atoms with van der Waals surface area (Å²) >= 11 is 0. The minimum Gasteiger partial charge on any atom is -0.469 e. The monoisotopic (exact) mass is 402 g/mol. The summed E-state index contributed by atoms with van der Waals surface area (Å²) in [7, 11) is 0. The number of carbonyl (C=O) groups excluding carboxylic acids is 1. The first-order valence-electron chi connectivity index (χ1n) is 10.2. The Morgan fingerprint density at radius 3 is 2.83 bits per heavy atom. The lowest BCUT2D eigenvalue weighted by Gasteiger charge is -2.13. The van der Waals surface area contributed by atoms with Gasteiger partial charge in [-0.3, -0.25) is 4.79 Å². The van der Waals surface area contributed by atoms with E-state index in [1.54, 1.807) is 17.1 Å². The number of hydrogen-bond acceptors (Lipinski definition) is 4. The van der Waals surface area contributed by atoms with Crippen molar-refractivity contribution in [3.05, 3.63) is 71.9 Å². The maximum atomic E-state index is 12.6. The summed E-state index contributed by atoms with van der Waals surface area (Å²) < 4.78 is 7.05. The normalized spacial score (nSPS) is 12.2. The second-order valence-electron chi connectivity index (χ2n) is 7.76. The van der Waals surface area contributed by atoms with Crippen LogP contribution < -0.4 is 5.32 Å². The van der Waals surface area contributed by atoms with E-state index in [4.69, 9.17) is 4.42 Å². The van der Waals surface area contributed by atoms with Crippen molar-refractivity contribution in [1.82, 2.24) is 20.1 Å². The van der Waals surface area contributed by atoms with Crippen LogP contribution in [-0.4, -0.2) is 26.7 Å². The summed E-state index contributed by atoms with van der Waals surface area (Å²) in [5.41, 5.74) is 5.00. The molecule has 1 atom stereocenters. The predicted octanol–water partition coefficient (Wildman–Crippen LogP) is 4.45. The second kappa shape index (κ2) is 8.53. The van der Waals surface area contributed by atoms with E-state index in [0.717, 1.165) is 46.5 Å². The van der Waals surface area contributed by atoms with Gasteiger partial charge >= 0.3 is 0 Å². The molecular weight excluding hydrogens is 376 g/mol. The van der Waals surface area contributed by atoms with Gasteiger partial charge in [-0.2, -0.15) is 5.10 Å². The third-order valence-corrected chi connectivity index (χ3v) is 5.24. The Labute approximate surface area is 175 Å². The van der Waals surface area contributed by atoms with Crippen LogP contribution in [0.1, 0.15) is 30.4 Å². The molecule has 0 saturated carbocycles. The van der Waals surface area contributed by atoms with Crippen LogP contribution in [0.5, 0.6) is 0 Å². The summed E-state index contributed by atoms with van der Waals surface area (Å²) in [4.78, 5) is 17.1. The molecule has 0 aliphatic carbocycles. The third kappa shape index (κ3) is 4.27. The highest BCUT2D eigenvalue weighted by Crippen LogP contribution is 2.30. The zero-order valence-electron chi connectivity index (χ0n) is 17.6. The van der Waals surface area contributed by atoms with Crippen molar-refractivity contribution >= 4 is 16.9 Å². The maximum absolute atomic E-state index is 12.6. The van der Waals surface area contributed by atoms with Gasteiger partial charge in [-0.1, -0.05) is 29.8 Å². The lowest BCUT2D eigenvalue weighted by Crippen LogP contribution is -2.35. The van der Waals surface area contributed by atoms with E-state index in [1.807, 2.05) is 38.1 Å². The molecular formula is C24H26N4O2. The lowest BCUT2D eigenvalue weighted by atomic mass is 10.0. The average molecular weight is 402 g/mol. The average Bonchev–Trinajstić information content (AvgIpc) is 3.35. The Kier molecular flexibility index (Phi) is 5.65. The Balaban J connectivity index is 1.51. The summed E-state index contributed by atoms with van der Waals surface area (Å²) in [5, 5.41) is 8.65. The molecule has 1 amide bonds. The molecule has 154 valence electrons. The number of fused-ring (bicyclic) bond motifs is 1. The fourth-order valence-corrected chi connectivity index (χ4v) is 3.79. The van der Waals surface area contributed by atoms with Crippen LogP contribution in [0.25, 0.3) is 22.2 Å². The molecule has 0 radical (unpaired) electrons. The minimum absolute atomic E-state index is 0.0429. The van der Waals surface area contributed by atoms with Gasteiger partial charge in [-0.15, -0.1) is 0 Å². The molecule has 1 aromatic carbocycles. The lowest BCUT2D eigenvalue weighted by molar-refractivity contribution is -0.122. The van der Waals surface area contributed by atoms with Crippen LogP contribution >= 0.6 is 0 Å². The number of furan rings is 1. The molecule has 0 bridgehead atoms. The molecule has 0 aliphatic rings. The number of aromatic nitrogens is 3. The number of hydrogen-bond donors (Lipinski definition) is 1. The van der Waals surface area contributed by atoms with Crippen molar-refractivity contribution in [1.29, 1.82) is 0 Å². The Morgan fingerprint density at radius 1 is 1.20 bits per heavy atom. The van der Waals surface area contributed by atoms with E-state index in [0.29, 0.717) is 0 Å². The molecule has 6 heteroatoms. The van der Waals surface area contributed by atoms with Crippen LogP contribution in [0, 0.1) is 13.8 Å². The minimum atomic E-state index is -0.0749. The van der Waals surface area contributed by atoms with Gasteiger partial charge in [0.05, 0.1) is 12.0 Å². The Hall–Kier alpha value is -3.41. The molecule has 6 nitrogen and oxygen atoms in total. The van der Waals surface area contributed by atoms with Crippen molar-refractivity contribution in [3.63, 3.8) is 0 Å². The van der Waals surface area contributed by atoms with Crippen molar-refractivity contribution in [2.45, 2.75) is 46.2 Å². The van der Waals surface area contributed by atoms with Crippen LogP contribution in [0.2, 0.25) is 0 Å². The van der Waals surface area contributed by atoms with E-state index >= 15 is 0 Å². The Bertz CT molecular complexity index is 1160. The molecule has 0 spiro atoms. The SMILES string of the molecule is Cc1cccc(-c2ccnc3c2c(C)nn3CC(=O)NC(C)CCc2ccco2)c1. The Morgan fingerprint density at radius 2 is 2.07 bits per heavy atom. The number of carbonyl (C=O) groups is 1. The molecule has 0 saturated heterocycles. The van der Waals surface area contributed by atoms with Crippen molar-refractivity contribution in [2.24, 2.45) is 0 Å². The summed E-state index contributed by atoms with van der Waals surface area (Å²) in [6.45, 7) is 6.18. The highest BCUT2D eigenvalue weighted by Gasteiger charge is 2.17. The van der Waals surface area contributed by atoms with E-state index < -0.39 is 0 Å². The van der Waals surface area contributed by atoms with Gasteiger partial charge in [0.25, 0.3) is 0 Å². The van der Waals surface area contributed by atoms with Gasteiger partial charge < -0.3 is 9.73 Å². The molecule has 0 aliphatic heterocycles. The zero-order chi connectivity index (χ0) is 21.1. The van der Waals surface area contributed by atoms with Gasteiger partial charge in [-0.25, -0.2) is 9.67 Å². The first-order chi connectivity index (χ1) is 14.5. The standard InChI is InChI=1S/C24H26N4O2/c1-16-6-4-7-19(14-16)21-11-12-25-24-23(21)18(3)27-28(24)15-22(29)26-17(2)9-10-20-8-5-13-30-20/h4-8,11-14,17H,9-10,15H2,1-3H3,(H,26,29). The predicted molar refractivity (Wildman–Crippen MR) is 117 cm³/mol. The first-order valence-corrected chi connectivity index (χ1v) is 10.2. The van der Waals surface area contributed by atoms with E-state index in [9.17, 15) is 4.79 Å². The van der Waals surface area contributed by atoms with Gasteiger partial charge in [-0.05, 0) is 56.5 Å². The van der Waals surface area contributed by atoms with E-state index in [-0.39, 0.29) is 18.5 Å². The van der Waals surface area contributed by atoms with Gasteiger partial charge in [0.2, 0.25) is 5.91 Å². The van der Waals surface area contributed by atoms with Gasteiger partial charge in [0, 0.05) is 24.0 Å². The summed E-state index contributed by atoms with van der Waals surface area (Å²) in [6, 6.07) is 14.2. The molecule has 3 aromatic heterocycles. The fourth-order valence-electron chi connectivity index (χ4n) is 3.79. The zero-order valence-corrected chi connectivity index (χ0v) is 17.6. The van der Waals surface area contributed by atoms with Crippen LogP contribution in [-0.2, 0) is 17.8 Å². The number of amides is 1. The topological polar surface area (TPSA) is 73.0 Å². The van der Waals surface area contributed by atoms with Crippen molar-refractivity contribution in [3.8, 4) is 11.1 Å². The number of pyridine rings is 1. The first kappa shape index (κ1) is 19.9. The van der Waals surface area contributed by atoms with Gasteiger partial charge in [0.1, 0.15) is 12.3 Å². The number of nitrogens with zero attached hydrogens (tertiary/aromatic N) is 3. The number of rotatable bonds is 7. The van der Waals surface area contributed by atoms with Crippen LogP contribution in [0.3, 0.4) is 0 Å². The molecule has 4 rings (SSSR count). The molecule has 1 unspecified atom stereocenters.